The number of nitrogens with zero attached hydrogens (tertiary/aromatic N) is 1. The van der Waals surface area contributed by atoms with Crippen molar-refractivity contribution in [2.24, 2.45) is 5.92 Å². The predicted molar refractivity (Wildman–Crippen MR) is 65.3 cm³/mol. The summed E-state index contributed by atoms with van der Waals surface area (Å²) in [5.41, 5.74) is -0.632. The van der Waals surface area contributed by atoms with Crippen LogP contribution in [-0.4, -0.2) is 35.4 Å². The molecule has 0 aliphatic carbocycles. The number of aromatic carboxylic acids is 1. The van der Waals surface area contributed by atoms with E-state index in [1.807, 2.05) is 0 Å². The lowest BCUT2D eigenvalue weighted by atomic mass is 9.96. The Morgan fingerprint density at radius 3 is 2.42 bits per heavy atom. The number of benzene rings is 1. The third-order valence-electron chi connectivity index (χ3n) is 3.44. The van der Waals surface area contributed by atoms with E-state index >= 15 is 0 Å². The van der Waals surface area contributed by atoms with Crippen molar-refractivity contribution in [1.29, 1.82) is 0 Å². The zero-order valence-corrected chi connectivity index (χ0v) is 10.4. The quantitative estimate of drug-likeness (QED) is 0.862. The highest BCUT2D eigenvalue weighted by Gasteiger charge is 2.28. The average molecular weight is 271 g/mol. The molecule has 1 aliphatic heterocycles. The minimum Gasteiger partial charge on any atom is -0.478 e. The molecule has 1 aromatic rings. The van der Waals surface area contributed by atoms with Crippen molar-refractivity contribution < 1.29 is 23.8 Å². The van der Waals surface area contributed by atoms with Gasteiger partial charge in [-0.25, -0.2) is 13.6 Å². The van der Waals surface area contributed by atoms with Crippen LogP contribution in [0.5, 0.6) is 0 Å². The summed E-state index contributed by atoms with van der Waals surface area (Å²) in [6.45, 7) is 2.48. The first-order chi connectivity index (χ1) is 8.90. The number of halogens is 2. The van der Waals surface area contributed by atoms with Crippen LogP contribution in [-0.2, 0) is 0 Å². The van der Waals surface area contributed by atoms with E-state index in [4.69, 9.17) is 5.11 Å². The molecule has 2 N–H and O–H groups in total. The topological polar surface area (TPSA) is 60.8 Å². The summed E-state index contributed by atoms with van der Waals surface area (Å²) in [7, 11) is 0. The molecule has 4 nitrogen and oxygen atoms in total. The summed E-state index contributed by atoms with van der Waals surface area (Å²) >= 11 is 0. The van der Waals surface area contributed by atoms with Crippen LogP contribution in [0.1, 0.15) is 23.7 Å². The van der Waals surface area contributed by atoms with Crippen molar-refractivity contribution in [3.05, 3.63) is 29.3 Å². The molecule has 1 fully saturated rings. The van der Waals surface area contributed by atoms with Gasteiger partial charge in [0.05, 0.1) is 11.7 Å². The molecule has 104 valence electrons. The lowest BCUT2D eigenvalue weighted by Crippen LogP contribution is -2.42. The Labute approximate surface area is 109 Å². The molecule has 6 heteroatoms. The van der Waals surface area contributed by atoms with Gasteiger partial charge < -0.3 is 15.1 Å². The number of hydrogen-bond donors (Lipinski definition) is 2. The number of piperidine rings is 1. The Bertz CT molecular complexity index is 484. The summed E-state index contributed by atoms with van der Waals surface area (Å²) < 4.78 is 27.7. The predicted octanol–water partition coefficient (Wildman–Crippen LogP) is 1.87. The van der Waals surface area contributed by atoms with E-state index < -0.39 is 29.3 Å². The number of carboxylic acid groups (broad SMARTS) is 1. The highest BCUT2D eigenvalue weighted by atomic mass is 19.1. The van der Waals surface area contributed by atoms with Crippen LogP contribution in [0.15, 0.2) is 12.1 Å². The third-order valence-corrected chi connectivity index (χ3v) is 3.44. The molecule has 1 aromatic carbocycles. The van der Waals surface area contributed by atoms with Gasteiger partial charge in [-0.05, 0) is 24.5 Å². The van der Waals surface area contributed by atoms with Crippen molar-refractivity contribution in [3.8, 4) is 0 Å². The first-order valence-corrected chi connectivity index (χ1v) is 6.05. The second-order valence-corrected chi connectivity index (χ2v) is 4.87. The maximum absolute atomic E-state index is 13.9. The van der Waals surface area contributed by atoms with E-state index in [-0.39, 0.29) is 11.6 Å². The number of hydrogen-bond acceptors (Lipinski definition) is 3. The van der Waals surface area contributed by atoms with Crippen LogP contribution in [0.4, 0.5) is 14.5 Å². The minimum absolute atomic E-state index is 0.0910. The Morgan fingerprint density at radius 2 is 1.95 bits per heavy atom. The molecule has 2 atom stereocenters. The molecule has 0 spiro atoms. The summed E-state index contributed by atoms with van der Waals surface area (Å²) in [4.78, 5) is 12.2. The van der Waals surface area contributed by atoms with E-state index in [1.165, 1.54) is 4.90 Å². The van der Waals surface area contributed by atoms with Crippen molar-refractivity contribution in [3.63, 3.8) is 0 Å². The van der Waals surface area contributed by atoms with Crippen LogP contribution in [0.3, 0.4) is 0 Å². The van der Waals surface area contributed by atoms with Crippen molar-refractivity contribution >= 4 is 11.7 Å². The first-order valence-electron chi connectivity index (χ1n) is 6.05. The zero-order chi connectivity index (χ0) is 14.2. The van der Waals surface area contributed by atoms with E-state index in [9.17, 15) is 18.7 Å². The standard InChI is InChI=1S/C13H15F2NO3/c1-7-6-16(3-2-11(7)17)12-9(14)4-8(13(18)19)5-10(12)15/h4-5,7,11,17H,2-3,6H2,1H3,(H,18,19). The van der Waals surface area contributed by atoms with Gasteiger partial charge in [0.15, 0.2) is 0 Å². The van der Waals surface area contributed by atoms with Crippen molar-refractivity contribution in [2.45, 2.75) is 19.4 Å². The molecule has 0 bridgehead atoms. The molecular formula is C13H15F2NO3. The van der Waals surface area contributed by atoms with Gasteiger partial charge in [0.1, 0.15) is 17.3 Å². The van der Waals surface area contributed by atoms with E-state index in [2.05, 4.69) is 0 Å². The van der Waals surface area contributed by atoms with Crippen LogP contribution >= 0.6 is 0 Å². The molecule has 19 heavy (non-hydrogen) atoms. The van der Waals surface area contributed by atoms with Crippen LogP contribution < -0.4 is 4.90 Å². The molecule has 2 unspecified atom stereocenters. The molecule has 1 aliphatic rings. The second-order valence-electron chi connectivity index (χ2n) is 4.87. The zero-order valence-electron chi connectivity index (χ0n) is 10.4. The summed E-state index contributed by atoms with van der Waals surface area (Å²) in [5.74, 6) is -3.24. The lowest BCUT2D eigenvalue weighted by molar-refractivity contribution is 0.0695. The number of carboxylic acids is 1. The monoisotopic (exact) mass is 271 g/mol. The van der Waals surface area contributed by atoms with Crippen LogP contribution in [0.2, 0.25) is 0 Å². The van der Waals surface area contributed by atoms with Gasteiger partial charge in [-0.2, -0.15) is 0 Å². The largest absolute Gasteiger partial charge is 0.478 e. The number of anilines is 1. The third kappa shape index (κ3) is 2.68. The van der Waals surface area contributed by atoms with Crippen molar-refractivity contribution in [1.82, 2.24) is 0 Å². The molecule has 0 aromatic heterocycles. The number of rotatable bonds is 2. The fourth-order valence-electron chi connectivity index (χ4n) is 2.33. The van der Waals surface area contributed by atoms with Gasteiger partial charge in [0.25, 0.3) is 0 Å². The van der Waals surface area contributed by atoms with Gasteiger partial charge in [-0.15, -0.1) is 0 Å². The minimum atomic E-state index is -1.37. The Balaban J connectivity index is 2.33. The van der Waals surface area contributed by atoms with Crippen LogP contribution in [0, 0.1) is 17.6 Å². The van der Waals surface area contributed by atoms with Gasteiger partial charge in [0, 0.05) is 13.1 Å². The normalized spacial score (nSPS) is 23.5. The van der Waals surface area contributed by atoms with E-state index in [1.54, 1.807) is 6.92 Å². The molecule has 0 amide bonds. The molecule has 0 radical (unpaired) electrons. The fraction of sp³-hybridized carbons (Fsp3) is 0.462. The van der Waals surface area contributed by atoms with E-state index in [0.717, 1.165) is 12.1 Å². The maximum Gasteiger partial charge on any atom is 0.335 e. The summed E-state index contributed by atoms with van der Waals surface area (Å²) in [6.07, 6.45) is -0.0403. The molecule has 1 heterocycles. The van der Waals surface area contributed by atoms with E-state index in [0.29, 0.717) is 19.5 Å². The SMILES string of the molecule is CC1CN(c2c(F)cc(C(=O)O)cc2F)CCC1O. The Morgan fingerprint density at radius 1 is 1.37 bits per heavy atom. The van der Waals surface area contributed by atoms with Gasteiger partial charge >= 0.3 is 5.97 Å². The molecular weight excluding hydrogens is 256 g/mol. The van der Waals surface area contributed by atoms with Gasteiger partial charge in [-0.3, -0.25) is 0 Å². The molecule has 1 saturated heterocycles. The Kier molecular flexibility index (Phi) is 3.71. The maximum atomic E-state index is 13.9. The molecule has 2 rings (SSSR count). The highest BCUT2D eigenvalue weighted by molar-refractivity contribution is 5.88. The highest BCUT2D eigenvalue weighted by Crippen LogP contribution is 2.29. The molecule has 0 saturated carbocycles. The summed E-state index contributed by atoms with van der Waals surface area (Å²) in [5, 5.41) is 18.3. The van der Waals surface area contributed by atoms with Crippen molar-refractivity contribution in [2.75, 3.05) is 18.0 Å². The fourth-order valence-corrected chi connectivity index (χ4v) is 2.33. The average Bonchev–Trinajstić information content (AvgIpc) is 2.32. The van der Waals surface area contributed by atoms with Gasteiger partial charge in [0.2, 0.25) is 0 Å². The Hall–Kier alpha value is -1.69. The number of aliphatic hydroxyl groups is 1. The second kappa shape index (κ2) is 5.13. The number of carbonyl (C=O) groups is 1. The lowest BCUT2D eigenvalue weighted by Gasteiger charge is -2.36. The number of aliphatic hydroxyl groups excluding tert-OH is 1. The van der Waals surface area contributed by atoms with Crippen LogP contribution in [0.25, 0.3) is 0 Å². The summed E-state index contributed by atoms with van der Waals surface area (Å²) in [6, 6.07) is 1.63. The first kappa shape index (κ1) is 13.7. The van der Waals surface area contributed by atoms with Gasteiger partial charge in [-0.1, -0.05) is 6.92 Å². The smallest absolute Gasteiger partial charge is 0.335 e.